The first-order valence-corrected chi connectivity index (χ1v) is 10.0. The number of Topliss-reactive ketones (excluding diaryl/α,β-unsaturated/α-hetero) is 1. The third-order valence-electron chi connectivity index (χ3n) is 8.36. The maximum atomic E-state index is 13.5. The van der Waals surface area contributed by atoms with Gasteiger partial charge in [-0.05, 0) is 56.9 Å². The number of aliphatic hydroxyl groups is 1. The van der Waals surface area contributed by atoms with E-state index in [9.17, 15) is 14.7 Å². The van der Waals surface area contributed by atoms with Gasteiger partial charge in [-0.2, -0.15) is 0 Å². The van der Waals surface area contributed by atoms with Crippen LogP contribution in [-0.4, -0.2) is 26.6 Å². The molecule has 4 aliphatic rings. The lowest BCUT2D eigenvalue weighted by Gasteiger charge is -2.62. The molecule has 0 bridgehead atoms. The van der Waals surface area contributed by atoms with Crippen molar-refractivity contribution in [2.45, 2.75) is 75.6 Å². The molecule has 0 aromatic carbocycles. The van der Waals surface area contributed by atoms with Gasteiger partial charge in [0.25, 0.3) is 0 Å². The second kappa shape index (κ2) is 4.82. The van der Waals surface area contributed by atoms with Crippen molar-refractivity contribution in [2.24, 2.45) is 22.7 Å². The molecule has 1 N–H and O–H groups in total. The Hall–Kier alpha value is -0.480. The molecule has 6 atom stereocenters. The van der Waals surface area contributed by atoms with Crippen LogP contribution < -0.4 is 0 Å². The number of fused-ring (bicyclic) bond motifs is 5. The number of alkyl halides is 1. The van der Waals surface area contributed by atoms with E-state index < -0.39 is 9.93 Å². The van der Waals surface area contributed by atoms with Gasteiger partial charge in [0.2, 0.25) is 0 Å². The fourth-order valence-corrected chi connectivity index (χ4v) is 7.65. The molecular weight excluding hydrogens is 368 g/mol. The molecule has 3 saturated carbocycles. The average molecular weight is 395 g/mol. The normalized spacial score (nSPS) is 54.0. The van der Waals surface area contributed by atoms with Gasteiger partial charge in [-0.15, -0.1) is 0 Å². The molecule has 3 fully saturated rings. The molecule has 4 heteroatoms. The first-order valence-electron chi connectivity index (χ1n) is 9.25. The van der Waals surface area contributed by atoms with Crippen molar-refractivity contribution in [3.05, 3.63) is 11.6 Å². The average Bonchev–Trinajstić information content (AvgIpc) is 2.72. The highest BCUT2D eigenvalue weighted by molar-refractivity contribution is 9.10. The molecule has 0 aromatic heterocycles. The number of ketones is 2. The first kappa shape index (κ1) is 17.0. The van der Waals surface area contributed by atoms with Gasteiger partial charge in [-0.3, -0.25) is 9.59 Å². The van der Waals surface area contributed by atoms with Crippen LogP contribution in [-0.2, 0) is 9.59 Å². The summed E-state index contributed by atoms with van der Waals surface area (Å²) in [4.78, 5) is 25.4. The lowest BCUT2D eigenvalue weighted by Crippen LogP contribution is -2.66. The summed E-state index contributed by atoms with van der Waals surface area (Å²) in [5.74, 6) is 1.04. The van der Waals surface area contributed by atoms with Gasteiger partial charge >= 0.3 is 0 Å². The number of hydrogen-bond donors (Lipinski definition) is 1. The summed E-state index contributed by atoms with van der Waals surface area (Å²) in [6.07, 6.45) is 7.14. The summed E-state index contributed by atoms with van der Waals surface area (Å²) < 4.78 is -0.574. The second-order valence-electron chi connectivity index (χ2n) is 9.26. The van der Waals surface area contributed by atoms with Gasteiger partial charge in [0.05, 0.1) is 9.93 Å². The second-order valence-corrected chi connectivity index (χ2v) is 10.5. The fraction of sp³-hybridized carbons (Fsp3) is 0.800. The lowest BCUT2D eigenvalue weighted by molar-refractivity contribution is -0.151. The number of halogens is 1. The van der Waals surface area contributed by atoms with E-state index in [1.165, 1.54) is 0 Å². The van der Waals surface area contributed by atoms with Crippen LogP contribution >= 0.6 is 15.9 Å². The minimum absolute atomic E-state index is 0.203. The predicted octanol–water partition coefficient (Wildman–Crippen LogP) is 3.97. The molecular formula is C20H27BrO3. The zero-order chi connectivity index (χ0) is 17.5. The van der Waals surface area contributed by atoms with E-state index in [0.717, 1.165) is 37.7 Å². The Morgan fingerprint density at radius 2 is 1.79 bits per heavy atom. The quantitative estimate of drug-likeness (QED) is 0.632. The van der Waals surface area contributed by atoms with Gasteiger partial charge < -0.3 is 5.11 Å². The summed E-state index contributed by atoms with van der Waals surface area (Å²) in [5, 5.41) is 10.9. The molecule has 0 saturated heterocycles. The van der Waals surface area contributed by atoms with Crippen molar-refractivity contribution < 1.29 is 14.7 Å². The van der Waals surface area contributed by atoms with E-state index in [2.05, 4.69) is 29.8 Å². The molecule has 4 rings (SSSR count). The zero-order valence-electron chi connectivity index (χ0n) is 14.8. The van der Waals surface area contributed by atoms with Gasteiger partial charge in [0.15, 0.2) is 11.6 Å². The maximum Gasteiger partial charge on any atom is 0.155 e. The number of carbonyl (C=O) groups is 2. The standard InChI is InChI=1S/C20H27BrO3/c1-17-8-6-13(22)10-12(17)4-5-15-14-7-9-19(3,24)18(14,2)11-16(23)20(15,17)21/h10,14-15,24H,4-9,11H2,1-3H3/t14-,15+,17-,18-,19-,20-/m0/s1. The molecule has 0 heterocycles. The highest BCUT2D eigenvalue weighted by Crippen LogP contribution is 2.70. The van der Waals surface area contributed by atoms with Crippen LogP contribution in [0.25, 0.3) is 0 Å². The molecule has 0 aromatic rings. The summed E-state index contributed by atoms with van der Waals surface area (Å²) in [7, 11) is 0. The van der Waals surface area contributed by atoms with E-state index >= 15 is 0 Å². The molecule has 0 spiro atoms. The Morgan fingerprint density at radius 3 is 2.50 bits per heavy atom. The minimum atomic E-state index is -0.763. The van der Waals surface area contributed by atoms with Gasteiger partial charge in [0.1, 0.15) is 0 Å². The largest absolute Gasteiger partial charge is 0.390 e. The first-order chi connectivity index (χ1) is 11.1. The zero-order valence-corrected chi connectivity index (χ0v) is 16.4. The SMILES string of the molecule is C[C@]1(O)CC[C@H]2[C@H]3CCC4=CC(=O)CC[C@]4(C)[C@@]3(Br)C(=O)C[C@@]21C. The molecule has 0 radical (unpaired) electrons. The third-order valence-corrected chi connectivity index (χ3v) is 10.3. The van der Waals surface area contributed by atoms with E-state index in [1.807, 2.05) is 13.0 Å². The summed E-state index contributed by atoms with van der Waals surface area (Å²) in [5.41, 5.74) is -0.194. The van der Waals surface area contributed by atoms with E-state index in [-0.39, 0.29) is 28.3 Å². The highest BCUT2D eigenvalue weighted by Gasteiger charge is 2.71. The van der Waals surface area contributed by atoms with Crippen LogP contribution in [0, 0.1) is 22.7 Å². The van der Waals surface area contributed by atoms with E-state index in [1.54, 1.807) is 0 Å². The van der Waals surface area contributed by atoms with Crippen LogP contribution in [0.3, 0.4) is 0 Å². The smallest absolute Gasteiger partial charge is 0.155 e. The number of rotatable bonds is 0. The van der Waals surface area contributed by atoms with Crippen molar-refractivity contribution in [2.75, 3.05) is 0 Å². The van der Waals surface area contributed by atoms with Crippen molar-refractivity contribution in [1.82, 2.24) is 0 Å². The number of allylic oxidation sites excluding steroid dienone is 1. The van der Waals surface area contributed by atoms with Crippen LogP contribution in [0.15, 0.2) is 11.6 Å². The fourth-order valence-electron chi connectivity index (χ4n) is 6.50. The van der Waals surface area contributed by atoms with Crippen molar-refractivity contribution in [1.29, 1.82) is 0 Å². The van der Waals surface area contributed by atoms with Crippen LogP contribution in [0.2, 0.25) is 0 Å². The molecule has 0 unspecified atom stereocenters. The molecule has 0 amide bonds. The monoisotopic (exact) mass is 394 g/mol. The number of hydrogen-bond acceptors (Lipinski definition) is 3. The molecule has 132 valence electrons. The summed E-state index contributed by atoms with van der Waals surface area (Å²) in [6.45, 7) is 6.21. The molecule has 4 aliphatic carbocycles. The Bertz CT molecular complexity index is 666. The Labute approximate surface area is 152 Å². The Kier molecular flexibility index (Phi) is 3.41. The van der Waals surface area contributed by atoms with Crippen LogP contribution in [0.5, 0.6) is 0 Å². The Morgan fingerprint density at radius 1 is 1.08 bits per heavy atom. The topological polar surface area (TPSA) is 54.4 Å². The van der Waals surface area contributed by atoms with Crippen molar-refractivity contribution >= 4 is 27.5 Å². The van der Waals surface area contributed by atoms with Crippen LogP contribution in [0.1, 0.15) is 65.7 Å². The Balaban J connectivity index is 1.84. The predicted molar refractivity (Wildman–Crippen MR) is 95.9 cm³/mol. The van der Waals surface area contributed by atoms with Crippen molar-refractivity contribution in [3.63, 3.8) is 0 Å². The minimum Gasteiger partial charge on any atom is -0.390 e. The molecule has 3 nitrogen and oxygen atoms in total. The van der Waals surface area contributed by atoms with E-state index in [4.69, 9.17) is 0 Å². The van der Waals surface area contributed by atoms with E-state index in [0.29, 0.717) is 18.8 Å². The number of carbonyl (C=O) groups excluding carboxylic acids is 2. The molecule has 0 aliphatic heterocycles. The lowest BCUT2D eigenvalue weighted by atomic mass is 9.46. The summed E-state index contributed by atoms with van der Waals surface area (Å²) >= 11 is 3.97. The summed E-state index contributed by atoms with van der Waals surface area (Å²) in [6, 6.07) is 0. The highest BCUT2D eigenvalue weighted by atomic mass is 79.9. The van der Waals surface area contributed by atoms with Crippen molar-refractivity contribution in [3.8, 4) is 0 Å². The van der Waals surface area contributed by atoms with Gasteiger partial charge in [-0.25, -0.2) is 0 Å². The molecule has 24 heavy (non-hydrogen) atoms. The third kappa shape index (κ3) is 1.77. The van der Waals surface area contributed by atoms with Gasteiger partial charge in [0, 0.05) is 23.7 Å². The van der Waals surface area contributed by atoms with Crippen LogP contribution in [0.4, 0.5) is 0 Å². The maximum absolute atomic E-state index is 13.5. The van der Waals surface area contributed by atoms with Gasteiger partial charge in [-0.1, -0.05) is 35.4 Å².